The fourth-order valence-corrected chi connectivity index (χ4v) is 4.03. The van der Waals surface area contributed by atoms with Gasteiger partial charge >= 0.3 is 0 Å². The number of hydrogen-bond acceptors (Lipinski definition) is 4. The number of imidazole rings is 1. The molecule has 0 saturated carbocycles. The second-order valence-electron chi connectivity index (χ2n) is 6.99. The third-order valence-electron chi connectivity index (χ3n) is 5.15. The molecule has 164 valence electrons. The van der Waals surface area contributed by atoms with Crippen molar-refractivity contribution in [3.05, 3.63) is 58.5 Å². The fraction of sp³-hybridized carbons (Fsp3) is 0.273. The molecule has 0 fully saturated rings. The summed E-state index contributed by atoms with van der Waals surface area (Å²) in [6.45, 7) is 1.03. The molecule has 0 saturated heterocycles. The molecule has 0 amide bonds. The van der Waals surface area contributed by atoms with Crippen LogP contribution in [-0.4, -0.2) is 24.7 Å². The van der Waals surface area contributed by atoms with E-state index in [0.29, 0.717) is 27.2 Å². The lowest BCUT2D eigenvalue weighted by molar-refractivity contribution is -0.693. The molecule has 0 unspecified atom stereocenters. The van der Waals surface area contributed by atoms with Gasteiger partial charge in [0.05, 0.1) is 37.2 Å². The Bertz CT molecular complexity index is 1130. The number of rotatable bonds is 6. The molecule has 0 aliphatic carbocycles. The van der Waals surface area contributed by atoms with E-state index < -0.39 is 0 Å². The number of aliphatic imine (C=N–C) groups is 1. The second kappa shape index (κ2) is 9.81. The number of nitrogens with zero attached hydrogens (tertiary/aromatic N) is 3. The minimum absolute atomic E-state index is 0. The van der Waals surface area contributed by atoms with Crippen LogP contribution < -0.4 is 19.1 Å². The van der Waals surface area contributed by atoms with Crippen molar-refractivity contribution in [2.45, 2.75) is 25.9 Å². The van der Waals surface area contributed by atoms with Gasteiger partial charge in [-0.05, 0) is 36.8 Å². The zero-order valence-electron chi connectivity index (χ0n) is 17.1. The van der Waals surface area contributed by atoms with Gasteiger partial charge in [-0.15, -0.1) is 12.4 Å². The van der Waals surface area contributed by atoms with E-state index in [1.54, 1.807) is 38.5 Å². The molecule has 1 aromatic heterocycles. The third kappa shape index (κ3) is 4.76. The monoisotopic (exact) mass is 481 g/mol. The van der Waals surface area contributed by atoms with Gasteiger partial charge < -0.3 is 14.6 Å². The Morgan fingerprint density at radius 2 is 1.94 bits per heavy atom. The summed E-state index contributed by atoms with van der Waals surface area (Å²) in [7, 11) is 3.11. The average molecular weight is 483 g/mol. The van der Waals surface area contributed by atoms with E-state index in [1.807, 2.05) is 22.9 Å². The quantitative estimate of drug-likeness (QED) is 0.300. The molecule has 3 aromatic rings. The Hall–Kier alpha value is -2.41. The molecule has 0 bridgehead atoms. The first-order chi connectivity index (χ1) is 14.5. The summed E-state index contributed by atoms with van der Waals surface area (Å²) in [4.78, 5) is 4.25. The van der Waals surface area contributed by atoms with Crippen LogP contribution in [-0.2, 0) is 19.5 Å². The lowest BCUT2D eigenvalue weighted by Gasteiger charge is -2.12. The van der Waals surface area contributed by atoms with Crippen LogP contribution in [0.1, 0.15) is 12.2 Å². The summed E-state index contributed by atoms with van der Waals surface area (Å²) in [5, 5.41) is 13.8. The highest BCUT2D eigenvalue weighted by atomic mass is 35.5. The highest BCUT2D eigenvalue weighted by Crippen LogP contribution is 2.32. The lowest BCUT2D eigenvalue weighted by Crippen LogP contribution is -2.43. The minimum Gasteiger partial charge on any atom is -0.859 e. The van der Waals surface area contributed by atoms with Crippen LogP contribution in [0.25, 0.3) is 11.3 Å². The van der Waals surface area contributed by atoms with Crippen molar-refractivity contribution in [1.82, 2.24) is 4.57 Å². The van der Waals surface area contributed by atoms with Crippen LogP contribution in [0.5, 0.6) is 11.5 Å². The van der Waals surface area contributed by atoms with Crippen molar-refractivity contribution < 1.29 is 19.1 Å². The molecule has 9 heteroatoms. The molecule has 0 spiro atoms. The Balaban J connectivity index is 0.00000272. The normalized spacial score (nSPS) is 13.0. The maximum atomic E-state index is 12.8. The molecule has 1 aliphatic rings. The predicted octanol–water partition coefficient (Wildman–Crippen LogP) is 4.23. The standard InChI is InChI=1S/C22H21Cl2N3O3.ClH/c1-29-15-6-8-20(30-2)18(11-15)25-21(28)13-26-12-19(27-9-3-4-22(26)27)14-5-7-16(23)17(24)10-14;/h5-8,10-12H,3-4,9,13H2,1-2H3;1H. The van der Waals surface area contributed by atoms with Gasteiger partial charge in [-0.3, -0.25) is 4.99 Å². The Labute approximate surface area is 197 Å². The van der Waals surface area contributed by atoms with E-state index >= 15 is 0 Å². The van der Waals surface area contributed by atoms with E-state index in [0.717, 1.165) is 36.5 Å². The molecule has 0 N–H and O–H groups in total. The SMILES string of the molecule is COc1ccc(OC)c(N=C([O-])C[n+]2cc(-c3ccc(Cl)c(Cl)c3)n3c2CCC3)c1.Cl. The molecule has 6 nitrogen and oxygen atoms in total. The highest BCUT2D eigenvalue weighted by Gasteiger charge is 2.28. The van der Waals surface area contributed by atoms with E-state index in [9.17, 15) is 5.11 Å². The fourth-order valence-electron chi connectivity index (χ4n) is 3.73. The van der Waals surface area contributed by atoms with Gasteiger partial charge in [0.25, 0.3) is 5.82 Å². The Morgan fingerprint density at radius 3 is 2.65 bits per heavy atom. The summed E-state index contributed by atoms with van der Waals surface area (Å²) < 4.78 is 14.7. The summed E-state index contributed by atoms with van der Waals surface area (Å²) >= 11 is 12.3. The Kier molecular flexibility index (Phi) is 7.36. The molecular weight excluding hydrogens is 461 g/mol. The van der Waals surface area contributed by atoms with Crippen LogP contribution in [0.3, 0.4) is 0 Å². The lowest BCUT2D eigenvalue weighted by atomic mass is 10.1. The second-order valence-corrected chi connectivity index (χ2v) is 7.80. The molecule has 2 aromatic carbocycles. The number of benzene rings is 2. The van der Waals surface area contributed by atoms with Gasteiger partial charge in [-0.25, -0.2) is 9.13 Å². The average Bonchev–Trinajstić information content (AvgIpc) is 3.34. The molecule has 0 atom stereocenters. The number of methoxy groups -OCH3 is 2. The van der Waals surface area contributed by atoms with Crippen molar-refractivity contribution in [2.75, 3.05) is 14.2 Å². The maximum absolute atomic E-state index is 12.8. The van der Waals surface area contributed by atoms with Gasteiger partial charge in [-0.2, -0.15) is 0 Å². The number of hydrogen-bond donors (Lipinski definition) is 0. The van der Waals surface area contributed by atoms with Crippen molar-refractivity contribution >= 4 is 47.2 Å². The topological polar surface area (TPSA) is 62.7 Å². The Morgan fingerprint density at radius 1 is 1.13 bits per heavy atom. The number of ether oxygens (including phenoxy) is 2. The zero-order chi connectivity index (χ0) is 21.3. The van der Waals surface area contributed by atoms with E-state index in [4.69, 9.17) is 32.7 Å². The molecule has 4 rings (SSSR count). The van der Waals surface area contributed by atoms with Gasteiger partial charge in [0.15, 0.2) is 5.69 Å². The van der Waals surface area contributed by atoms with Crippen LogP contribution in [0.2, 0.25) is 10.0 Å². The van der Waals surface area contributed by atoms with Crippen molar-refractivity contribution in [1.29, 1.82) is 0 Å². The summed E-state index contributed by atoms with van der Waals surface area (Å²) in [6.07, 6.45) is 3.90. The van der Waals surface area contributed by atoms with Gasteiger partial charge in [0.2, 0.25) is 0 Å². The van der Waals surface area contributed by atoms with Gasteiger partial charge in [-0.1, -0.05) is 23.2 Å². The molecule has 31 heavy (non-hydrogen) atoms. The number of aromatic nitrogens is 2. The predicted molar refractivity (Wildman–Crippen MR) is 122 cm³/mol. The first-order valence-electron chi connectivity index (χ1n) is 9.54. The highest BCUT2D eigenvalue weighted by molar-refractivity contribution is 6.42. The third-order valence-corrected chi connectivity index (χ3v) is 5.89. The largest absolute Gasteiger partial charge is 0.859 e. The molecule has 0 radical (unpaired) electrons. The van der Waals surface area contributed by atoms with E-state index in [2.05, 4.69) is 9.56 Å². The van der Waals surface area contributed by atoms with Crippen molar-refractivity contribution in [3.8, 4) is 22.8 Å². The van der Waals surface area contributed by atoms with Gasteiger partial charge in [0, 0.05) is 17.5 Å². The molecule has 2 heterocycles. The first-order valence-corrected chi connectivity index (χ1v) is 10.3. The smallest absolute Gasteiger partial charge is 0.257 e. The van der Waals surface area contributed by atoms with Crippen LogP contribution in [0.4, 0.5) is 5.69 Å². The molecular formula is C22H22Cl3N3O3. The summed E-state index contributed by atoms with van der Waals surface area (Å²) in [5.41, 5.74) is 2.42. The number of halogens is 3. The van der Waals surface area contributed by atoms with Crippen LogP contribution in [0.15, 0.2) is 47.6 Å². The summed E-state index contributed by atoms with van der Waals surface area (Å²) in [6, 6.07) is 10.8. The van der Waals surface area contributed by atoms with E-state index in [-0.39, 0.29) is 24.8 Å². The molecule has 1 aliphatic heterocycles. The van der Waals surface area contributed by atoms with Crippen LogP contribution in [0, 0.1) is 0 Å². The number of fused-ring (bicyclic) bond motifs is 1. The minimum atomic E-state index is -0.271. The summed E-state index contributed by atoms with van der Waals surface area (Å²) in [5.74, 6) is 1.96. The van der Waals surface area contributed by atoms with E-state index in [1.165, 1.54) is 0 Å². The maximum Gasteiger partial charge on any atom is 0.257 e. The van der Waals surface area contributed by atoms with Gasteiger partial charge in [0.1, 0.15) is 29.9 Å². The first kappa shape index (κ1) is 23.3. The zero-order valence-corrected chi connectivity index (χ0v) is 19.4. The van der Waals surface area contributed by atoms with Crippen molar-refractivity contribution in [2.24, 2.45) is 4.99 Å². The van der Waals surface area contributed by atoms with Crippen LogP contribution >= 0.6 is 35.6 Å². The van der Waals surface area contributed by atoms with Crippen molar-refractivity contribution in [3.63, 3.8) is 0 Å².